The maximum atomic E-state index is 5.78. The van der Waals surface area contributed by atoms with E-state index in [0.29, 0.717) is 0 Å². The second-order valence-corrected chi connectivity index (χ2v) is 7.36. The lowest BCUT2D eigenvalue weighted by molar-refractivity contribution is 1.20. The summed E-state index contributed by atoms with van der Waals surface area (Å²) in [5.74, 6) is 0. The SMILES string of the molecule is NC(=S)Nc1ccc2c(Cc3ccccc3)cccc2c1Cc1ccccc1. The molecule has 0 saturated heterocycles. The molecule has 0 amide bonds. The molecule has 4 aromatic carbocycles. The predicted octanol–water partition coefficient (Wildman–Crippen LogP) is 5.68. The van der Waals surface area contributed by atoms with Crippen LogP contribution in [0.1, 0.15) is 22.3 Å². The van der Waals surface area contributed by atoms with Crippen LogP contribution in [-0.2, 0) is 12.8 Å². The number of benzene rings is 4. The van der Waals surface area contributed by atoms with Crippen molar-refractivity contribution in [1.82, 2.24) is 0 Å². The highest BCUT2D eigenvalue weighted by atomic mass is 32.1. The standard InChI is InChI=1S/C25H22N2S/c26-25(28)27-24-15-14-21-20(16-18-8-3-1-4-9-18)12-7-13-22(21)23(24)17-19-10-5-2-6-11-19/h1-15H,16-17H2,(H3,26,27,28). The van der Waals surface area contributed by atoms with E-state index in [2.05, 4.69) is 90.2 Å². The Balaban J connectivity index is 1.83. The number of thiocarbonyl (C=S) groups is 1. The normalized spacial score (nSPS) is 10.7. The lowest BCUT2D eigenvalue weighted by atomic mass is 9.92. The molecule has 3 N–H and O–H groups in total. The predicted molar refractivity (Wildman–Crippen MR) is 123 cm³/mol. The van der Waals surface area contributed by atoms with Crippen molar-refractivity contribution in [1.29, 1.82) is 0 Å². The maximum absolute atomic E-state index is 5.78. The van der Waals surface area contributed by atoms with Gasteiger partial charge in [-0.2, -0.15) is 0 Å². The fourth-order valence-corrected chi connectivity index (χ4v) is 3.81. The molecule has 0 fully saturated rings. The third-order valence-electron chi connectivity index (χ3n) is 4.98. The molecule has 3 heteroatoms. The van der Waals surface area contributed by atoms with Crippen LogP contribution in [0, 0.1) is 0 Å². The van der Waals surface area contributed by atoms with Crippen LogP contribution < -0.4 is 11.1 Å². The smallest absolute Gasteiger partial charge is 0.168 e. The van der Waals surface area contributed by atoms with Gasteiger partial charge in [-0.3, -0.25) is 0 Å². The van der Waals surface area contributed by atoms with Gasteiger partial charge in [0, 0.05) is 12.1 Å². The van der Waals surface area contributed by atoms with Crippen LogP contribution in [0.15, 0.2) is 91.0 Å². The summed E-state index contributed by atoms with van der Waals surface area (Å²) in [6.45, 7) is 0. The van der Waals surface area contributed by atoms with Crippen molar-refractivity contribution >= 4 is 33.8 Å². The highest BCUT2D eigenvalue weighted by molar-refractivity contribution is 7.80. The Kier molecular flexibility index (Phi) is 5.36. The van der Waals surface area contributed by atoms with Gasteiger partial charge in [-0.1, -0.05) is 84.9 Å². The van der Waals surface area contributed by atoms with E-state index in [9.17, 15) is 0 Å². The zero-order valence-electron chi connectivity index (χ0n) is 15.6. The average Bonchev–Trinajstić information content (AvgIpc) is 2.71. The van der Waals surface area contributed by atoms with Crippen LogP contribution in [-0.4, -0.2) is 5.11 Å². The topological polar surface area (TPSA) is 38.0 Å². The van der Waals surface area contributed by atoms with Crippen molar-refractivity contribution in [3.63, 3.8) is 0 Å². The van der Waals surface area contributed by atoms with E-state index in [4.69, 9.17) is 18.0 Å². The summed E-state index contributed by atoms with van der Waals surface area (Å²) >= 11 is 5.10. The van der Waals surface area contributed by atoms with Crippen molar-refractivity contribution in [3.05, 3.63) is 113 Å². The number of hydrogen-bond acceptors (Lipinski definition) is 1. The molecule has 2 nitrogen and oxygen atoms in total. The van der Waals surface area contributed by atoms with E-state index in [-0.39, 0.29) is 5.11 Å². The molecule has 138 valence electrons. The molecule has 0 atom stereocenters. The molecule has 0 bridgehead atoms. The molecule has 28 heavy (non-hydrogen) atoms. The minimum Gasteiger partial charge on any atom is -0.376 e. The molecule has 4 rings (SSSR count). The molecule has 0 saturated carbocycles. The quantitative estimate of drug-likeness (QED) is 0.436. The van der Waals surface area contributed by atoms with Crippen LogP contribution in [0.25, 0.3) is 10.8 Å². The monoisotopic (exact) mass is 382 g/mol. The van der Waals surface area contributed by atoms with Crippen LogP contribution in [0.3, 0.4) is 0 Å². The number of nitrogens with two attached hydrogens (primary N) is 1. The molecule has 0 aliphatic heterocycles. The van der Waals surface area contributed by atoms with Crippen molar-refractivity contribution in [2.24, 2.45) is 5.73 Å². The largest absolute Gasteiger partial charge is 0.376 e. The minimum absolute atomic E-state index is 0.286. The van der Waals surface area contributed by atoms with Crippen molar-refractivity contribution in [2.75, 3.05) is 5.32 Å². The van der Waals surface area contributed by atoms with E-state index < -0.39 is 0 Å². The zero-order valence-corrected chi connectivity index (χ0v) is 16.4. The fourth-order valence-electron chi connectivity index (χ4n) is 3.70. The molecule has 0 unspecified atom stereocenters. The second-order valence-electron chi connectivity index (χ2n) is 6.92. The first kappa shape index (κ1) is 18.2. The van der Waals surface area contributed by atoms with Gasteiger partial charge in [-0.05, 0) is 57.7 Å². The number of anilines is 1. The second kappa shape index (κ2) is 8.24. The van der Waals surface area contributed by atoms with E-state index >= 15 is 0 Å². The summed E-state index contributed by atoms with van der Waals surface area (Å²) in [4.78, 5) is 0. The number of fused-ring (bicyclic) bond motifs is 1. The van der Waals surface area contributed by atoms with E-state index in [0.717, 1.165) is 18.5 Å². The zero-order chi connectivity index (χ0) is 19.3. The van der Waals surface area contributed by atoms with Crippen molar-refractivity contribution in [2.45, 2.75) is 12.8 Å². The highest BCUT2D eigenvalue weighted by Crippen LogP contribution is 2.31. The van der Waals surface area contributed by atoms with Gasteiger partial charge in [0.1, 0.15) is 0 Å². The van der Waals surface area contributed by atoms with Crippen molar-refractivity contribution in [3.8, 4) is 0 Å². The molecule has 0 spiro atoms. The van der Waals surface area contributed by atoms with Crippen LogP contribution >= 0.6 is 12.2 Å². The lowest BCUT2D eigenvalue weighted by Crippen LogP contribution is -2.20. The highest BCUT2D eigenvalue weighted by Gasteiger charge is 2.12. The Hall–Kier alpha value is -3.17. The first-order valence-electron chi connectivity index (χ1n) is 9.38. The van der Waals surface area contributed by atoms with E-state index in [1.54, 1.807) is 0 Å². The Morgan fingerprint density at radius 2 is 1.32 bits per heavy atom. The van der Waals surface area contributed by atoms with Gasteiger partial charge in [-0.15, -0.1) is 0 Å². The molecular formula is C25H22N2S. The summed E-state index contributed by atoms with van der Waals surface area (Å²) in [6.07, 6.45) is 1.73. The summed E-state index contributed by atoms with van der Waals surface area (Å²) in [5.41, 5.74) is 11.9. The van der Waals surface area contributed by atoms with Gasteiger partial charge in [0.15, 0.2) is 5.11 Å². The van der Waals surface area contributed by atoms with Gasteiger partial charge in [0.2, 0.25) is 0 Å². The number of hydrogen-bond donors (Lipinski definition) is 2. The molecule has 0 aliphatic rings. The number of rotatable bonds is 5. The summed E-state index contributed by atoms with van der Waals surface area (Å²) < 4.78 is 0. The average molecular weight is 383 g/mol. The van der Waals surface area contributed by atoms with Gasteiger partial charge in [-0.25, -0.2) is 0 Å². The van der Waals surface area contributed by atoms with E-state index in [1.807, 2.05) is 6.07 Å². The molecule has 0 radical (unpaired) electrons. The Bertz CT molecular complexity index is 1110. The molecule has 0 aliphatic carbocycles. The Morgan fingerprint density at radius 1 is 0.679 bits per heavy atom. The third-order valence-corrected chi connectivity index (χ3v) is 5.08. The maximum Gasteiger partial charge on any atom is 0.168 e. The van der Waals surface area contributed by atoms with Gasteiger partial charge >= 0.3 is 0 Å². The van der Waals surface area contributed by atoms with E-state index in [1.165, 1.54) is 33.0 Å². The molecule has 4 aromatic rings. The molecule has 0 heterocycles. The summed E-state index contributed by atoms with van der Waals surface area (Å²) in [6, 6.07) is 31.9. The molecule has 0 aromatic heterocycles. The minimum atomic E-state index is 0.286. The first-order chi connectivity index (χ1) is 13.7. The number of nitrogens with one attached hydrogen (secondary N) is 1. The van der Waals surface area contributed by atoms with Gasteiger partial charge in [0.25, 0.3) is 0 Å². The summed E-state index contributed by atoms with van der Waals surface area (Å²) in [5, 5.41) is 5.95. The molecular weight excluding hydrogens is 360 g/mol. The summed E-state index contributed by atoms with van der Waals surface area (Å²) in [7, 11) is 0. The van der Waals surface area contributed by atoms with Crippen LogP contribution in [0.4, 0.5) is 5.69 Å². The van der Waals surface area contributed by atoms with Crippen molar-refractivity contribution < 1.29 is 0 Å². The Labute approximate surface area is 171 Å². The third kappa shape index (κ3) is 4.05. The van der Waals surface area contributed by atoms with Gasteiger partial charge in [0.05, 0.1) is 0 Å². The van der Waals surface area contributed by atoms with Crippen LogP contribution in [0.2, 0.25) is 0 Å². The van der Waals surface area contributed by atoms with Gasteiger partial charge < -0.3 is 11.1 Å². The fraction of sp³-hybridized carbons (Fsp3) is 0.0800. The first-order valence-corrected chi connectivity index (χ1v) is 9.79. The lowest BCUT2D eigenvalue weighted by Gasteiger charge is -2.16. The Morgan fingerprint density at radius 3 is 1.96 bits per heavy atom. The van der Waals surface area contributed by atoms with Crippen LogP contribution in [0.5, 0.6) is 0 Å².